The summed E-state index contributed by atoms with van der Waals surface area (Å²) < 4.78 is 0.837. The van der Waals surface area contributed by atoms with Gasteiger partial charge in [0.1, 0.15) is 0 Å². The maximum atomic E-state index is 12.0. The van der Waals surface area contributed by atoms with Crippen molar-refractivity contribution in [2.75, 3.05) is 18.9 Å². The number of nitrogens with one attached hydrogen (secondary N) is 1. The molecule has 5 nitrogen and oxygen atoms in total. The van der Waals surface area contributed by atoms with E-state index in [4.69, 9.17) is 0 Å². The molecule has 0 spiro atoms. The van der Waals surface area contributed by atoms with E-state index in [1.165, 1.54) is 4.90 Å². The number of hydrogen-bond donors (Lipinski definition) is 1. The molecule has 6 heteroatoms. The molecule has 0 saturated heterocycles. The number of likely N-dealkylation sites (N-methyl/N-ethyl adjacent to an activating group) is 1. The highest BCUT2D eigenvalue weighted by Crippen LogP contribution is 2.15. The predicted octanol–water partition coefficient (Wildman–Crippen LogP) is 2.48. The van der Waals surface area contributed by atoms with E-state index in [2.05, 4.69) is 26.2 Å². The molecule has 0 unspecified atom stereocenters. The van der Waals surface area contributed by atoms with Gasteiger partial charge in [-0.25, -0.2) is 0 Å². The fraction of sp³-hybridized carbons (Fsp3) is 0.188. The third-order valence-corrected chi connectivity index (χ3v) is 3.60. The average molecular weight is 362 g/mol. The maximum Gasteiger partial charge on any atom is 0.313 e. The van der Waals surface area contributed by atoms with Crippen molar-refractivity contribution < 1.29 is 9.59 Å². The summed E-state index contributed by atoms with van der Waals surface area (Å²) in [6, 6.07) is 10.9. The van der Waals surface area contributed by atoms with E-state index in [1.54, 1.807) is 37.6 Å². The Morgan fingerprint density at radius 3 is 2.64 bits per heavy atom. The Bertz CT molecular complexity index is 661. The van der Waals surface area contributed by atoms with Gasteiger partial charge >= 0.3 is 11.8 Å². The zero-order valence-corrected chi connectivity index (χ0v) is 13.7. The monoisotopic (exact) mass is 361 g/mol. The number of hydrogen-bond acceptors (Lipinski definition) is 3. The molecule has 0 atom stereocenters. The molecular formula is C16H16BrN3O2. The first-order valence-electron chi connectivity index (χ1n) is 6.77. The minimum atomic E-state index is -0.643. The van der Waals surface area contributed by atoms with Crippen molar-refractivity contribution in [1.29, 1.82) is 0 Å². The molecule has 2 amide bonds. The van der Waals surface area contributed by atoms with Gasteiger partial charge in [0.05, 0.1) is 0 Å². The standard InChI is InChI=1S/C16H16BrN3O2/c1-20(10-7-12-5-8-18-9-6-12)16(22)15(21)19-14-4-2-3-13(17)11-14/h2-6,8-9,11H,7,10H2,1H3,(H,19,21). The summed E-state index contributed by atoms with van der Waals surface area (Å²) in [6.45, 7) is 0.467. The number of benzene rings is 1. The van der Waals surface area contributed by atoms with Crippen LogP contribution in [0.4, 0.5) is 5.69 Å². The summed E-state index contributed by atoms with van der Waals surface area (Å²) in [5, 5.41) is 2.59. The van der Waals surface area contributed by atoms with Gasteiger partial charge in [0, 0.05) is 36.1 Å². The third kappa shape index (κ3) is 4.66. The largest absolute Gasteiger partial charge is 0.337 e. The van der Waals surface area contributed by atoms with Crippen LogP contribution in [0.3, 0.4) is 0 Å². The van der Waals surface area contributed by atoms with Gasteiger partial charge in [0.2, 0.25) is 0 Å². The Morgan fingerprint density at radius 2 is 1.95 bits per heavy atom. The zero-order chi connectivity index (χ0) is 15.9. The minimum absolute atomic E-state index is 0.467. The molecule has 114 valence electrons. The normalized spacial score (nSPS) is 10.1. The number of carbonyl (C=O) groups is 2. The van der Waals surface area contributed by atoms with Crippen molar-refractivity contribution in [2.24, 2.45) is 0 Å². The molecule has 1 aromatic carbocycles. The minimum Gasteiger partial charge on any atom is -0.337 e. The van der Waals surface area contributed by atoms with E-state index in [0.717, 1.165) is 10.0 Å². The lowest BCUT2D eigenvalue weighted by Crippen LogP contribution is -2.38. The number of anilines is 1. The molecule has 2 rings (SSSR count). The van der Waals surface area contributed by atoms with E-state index >= 15 is 0 Å². The van der Waals surface area contributed by atoms with Crippen molar-refractivity contribution in [3.8, 4) is 0 Å². The second-order valence-electron chi connectivity index (χ2n) is 4.80. The van der Waals surface area contributed by atoms with Gasteiger partial charge < -0.3 is 10.2 Å². The quantitative estimate of drug-likeness (QED) is 0.850. The van der Waals surface area contributed by atoms with E-state index in [9.17, 15) is 9.59 Å². The number of carbonyl (C=O) groups excluding carboxylic acids is 2. The molecule has 0 bridgehead atoms. The number of aromatic nitrogens is 1. The molecule has 0 fully saturated rings. The number of rotatable bonds is 4. The van der Waals surface area contributed by atoms with E-state index in [0.29, 0.717) is 18.7 Å². The highest BCUT2D eigenvalue weighted by molar-refractivity contribution is 9.10. The van der Waals surface area contributed by atoms with Crippen LogP contribution in [0.1, 0.15) is 5.56 Å². The van der Waals surface area contributed by atoms with Gasteiger partial charge in [0.25, 0.3) is 0 Å². The Kier molecular flexibility index (Phi) is 5.66. The van der Waals surface area contributed by atoms with Crippen LogP contribution in [0.25, 0.3) is 0 Å². The van der Waals surface area contributed by atoms with E-state index < -0.39 is 11.8 Å². The Hall–Kier alpha value is -2.21. The molecule has 22 heavy (non-hydrogen) atoms. The predicted molar refractivity (Wildman–Crippen MR) is 88.3 cm³/mol. The summed E-state index contributed by atoms with van der Waals surface area (Å²) >= 11 is 3.32. The van der Waals surface area contributed by atoms with Crippen LogP contribution in [0.15, 0.2) is 53.3 Å². The number of amides is 2. The van der Waals surface area contributed by atoms with Crippen molar-refractivity contribution in [3.05, 3.63) is 58.8 Å². The lowest BCUT2D eigenvalue weighted by Gasteiger charge is -2.16. The summed E-state index contributed by atoms with van der Waals surface area (Å²) in [5.41, 5.74) is 1.65. The van der Waals surface area contributed by atoms with Crippen LogP contribution in [-0.2, 0) is 16.0 Å². The zero-order valence-electron chi connectivity index (χ0n) is 12.1. The first-order chi connectivity index (χ1) is 10.6. The number of nitrogens with zero attached hydrogens (tertiary/aromatic N) is 2. The van der Waals surface area contributed by atoms with Crippen LogP contribution in [-0.4, -0.2) is 35.3 Å². The van der Waals surface area contributed by atoms with Crippen molar-refractivity contribution in [2.45, 2.75) is 6.42 Å². The Morgan fingerprint density at radius 1 is 1.23 bits per heavy atom. The van der Waals surface area contributed by atoms with Crippen LogP contribution < -0.4 is 5.32 Å². The topological polar surface area (TPSA) is 62.3 Å². The van der Waals surface area contributed by atoms with Gasteiger partial charge in [-0.05, 0) is 42.3 Å². The van der Waals surface area contributed by atoms with Gasteiger partial charge in [-0.3, -0.25) is 14.6 Å². The third-order valence-electron chi connectivity index (χ3n) is 3.11. The summed E-state index contributed by atoms with van der Waals surface area (Å²) in [6.07, 6.45) is 4.09. The highest BCUT2D eigenvalue weighted by atomic mass is 79.9. The second kappa shape index (κ2) is 7.70. The molecule has 1 aromatic heterocycles. The van der Waals surface area contributed by atoms with Gasteiger partial charge in [-0.1, -0.05) is 22.0 Å². The average Bonchev–Trinajstić information content (AvgIpc) is 2.53. The summed E-state index contributed by atoms with van der Waals surface area (Å²) in [4.78, 5) is 29.3. The van der Waals surface area contributed by atoms with Gasteiger partial charge in [0.15, 0.2) is 0 Å². The fourth-order valence-electron chi connectivity index (χ4n) is 1.87. The van der Waals surface area contributed by atoms with Crippen molar-refractivity contribution in [1.82, 2.24) is 9.88 Å². The molecule has 0 aliphatic carbocycles. The lowest BCUT2D eigenvalue weighted by atomic mass is 10.2. The van der Waals surface area contributed by atoms with Crippen molar-refractivity contribution >= 4 is 33.4 Å². The molecular weight excluding hydrogens is 346 g/mol. The van der Waals surface area contributed by atoms with Crippen LogP contribution >= 0.6 is 15.9 Å². The van der Waals surface area contributed by atoms with Gasteiger partial charge in [-0.15, -0.1) is 0 Å². The molecule has 1 heterocycles. The SMILES string of the molecule is CN(CCc1ccncc1)C(=O)C(=O)Nc1cccc(Br)c1. The van der Waals surface area contributed by atoms with Crippen LogP contribution in [0.2, 0.25) is 0 Å². The fourth-order valence-corrected chi connectivity index (χ4v) is 2.27. The van der Waals surface area contributed by atoms with Gasteiger partial charge in [-0.2, -0.15) is 0 Å². The first-order valence-corrected chi connectivity index (χ1v) is 7.56. The molecule has 0 saturated carbocycles. The molecule has 2 aromatic rings. The number of pyridine rings is 1. The number of halogens is 1. The van der Waals surface area contributed by atoms with Crippen LogP contribution in [0.5, 0.6) is 0 Å². The molecule has 0 aliphatic heterocycles. The van der Waals surface area contributed by atoms with E-state index in [1.807, 2.05) is 18.2 Å². The first kappa shape index (κ1) is 16.2. The van der Waals surface area contributed by atoms with E-state index in [-0.39, 0.29) is 0 Å². The summed E-state index contributed by atoms with van der Waals surface area (Å²) in [7, 11) is 1.62. The molecule has 0 radical (unpaired) electrons. The summed E-state index contributed by atoms with van der Waals surface area (Å²) in [5.74, 6) is -1.20. The molecule has 1 N–H and O–H groups in total. The van der Waals surface area contributed by atoms with Crippen LogP contribution in [0, 0.1) is 0 Å². The smallest absolute Gasteiger partial charge is 0.313 e. The Labute approximate surface area is 137 Å². The Balaban J connectivity index is 1.88. The lowest BCUT2D eigenvalue weighted by molar-refractivity contribution is -0.142. The van der Waals surface area contributed by atoms with Crippen molar-refractivity contribution in [3.63, 3.8) is 0 Å². The molecule has 0 aliphatic rings. The highest BCUT2D eigenvalue weighted by Gasteiger charge is 2.18. The second-order valence-corrected chi connectivity index (χ2v) is 5.71. The maximum absolute atomic E-state index is 12.0.